The van der Waals surface area contributed by atoms with Crippen LogP contribution in [-0.2, 0) is 0 Å². The van der Waals surface area contributed by atoms with Crippen molar-refractivity contribution in [2.45, 2.75) is 0 Å². The molecule has 0 aliphatic rings. The molecule has 1 heterocycles. The van der Waals surface area contributed by atoms with Crippen LogP contribution in [0.4, 0.5) is 0 Å². The Bertz CT molecular complexity index is 540. The molecule has 90 valence electrons. The molecular formula is C11H8BrCl2NO2. The molecule has 0 amide bonds. The third kappa shape index (κ3) is 2.65. The van der Waals surface area contributed by atoms with Gasteiger partial charge in [0, 0.05) is 5.69 Å². The molecule has 0 saturated heterocycles. The molecule has 0 aliphatic heterocycles. The van der Waals surface area contributed by atoms with E-state index in [1.807, 2.05) is 18.2 Å². The Balaban J connectivity index is 0.00000144. The number of halogens is 3. The summed E-state index contributed by atoms with van der Waals surface area (Å²) in [5, 5.41) is 9.47. The second kappa shape index (κ2) is 5.58. The van der Waals surface area contributed by atoms with E-state index in [1.165, 1.54) is 4.57 Å². The van der Waals surface area contributed by atoms with E-state index in [0.29, 0.717) is 9.63 Å². The van der Waals surface area contributed by atoms with Crippen LogP contribution >= 0.6 is 39.9 Å². The van der Waals surface area contributed by atoms with Crippen LogP contribution in [0.15, 0.2) is 40.9 Å². The standard InChI is InChI=1S/C11H7BrClNO2.ClH/c12-8-6-9(13)14(10(8)11(15)16)7-4-2-1-3-5-7;/h1-6H,(H,15,16);1H. The van der Waals surface area contributed by atoms with Crippen molar-refractivity contribution in [1.82, 2.24) is 4.57 Å². The summed E-state index contributed by atoms with van der Waals surface area (Å²) in [6, 6.07) is 10.7. The predicted molar refractivity (Wildman–Crippen MR) is 72.7 cm³/mol. The van der Waals surface area contributed by atoms with Crippen LogP contribution in [0.25, 0.3) is 5.69 Å². The maximum absolute atomic E-state index is 11.1. The van der Waals surface area contributed by atoms with Gasteiger partial charge in [0.2, 0.25) is 0 Å². The minimum Gasteiger partial charge on any atom is -0.477 e. The highest BCUT2D eigenvalue weighted by Gasteiger charge is 2.19. The Morgan fingerprint density at radius 2 is 1.88 bits per heavy atom. The van der Waals surface area contributed by atoms with Gasteiger partial charge in [-0.15, -0.1) is 12.4 Å². The SMILES string of the molecule is Cl.O=C(O)c1c(Br)cc(Cl)n1-c1ccccc1. The van der Waals surface area contributed by atoms with Crippen LogP contribution in [0.5, 0.6) is 0 Å². The third-order valence-electron chi connectivity index (χ3n) is 2.13. The number of aromatic nitrogens is 1. The van der Waals surface area contributed by atoms with Crippen molar-refractivity contribution < 1.29 is 9.90 Å². The van der Waals surface area contributed by atoms with Gasteiger partial charge < -0.3 is 5.11 Å². The molecule has 0 unspecified atom stereocenters. The van der Waals surface area contributed by atoms with Gasteiger partial charge in [-0.25, -0.2) is 4.79 Å². The molecule has 2 aromatic rings. The van der Waals surface area contributed by atoms with Crippen LogP contribution < -0.4 is 0 Å². The third-order valence-corrected chi connectivity index (χ3v) is 3.01. The lowest BCUT2D eigenvalue weighted by Crippen LogP contribution is -2.07. The summed E-state index contributed by atoms with van der Waals surface area (Å²) in [6.07, 6.45) is 0. The lowest BCUT2D eigenvalue weighted by molar-refractivity contribution is 0.0687. The number of hydrogen-bond acceptors (Lipinski definition) is 1. The van der Waals surface area contributed by atoms with Gasteiger partial charge in [0.15, 0.2) is 0 Å². The Morgan fingerprint density at radius 3 is 2.41 bits per heavy atom. The molecule has 1 N–H and O–H groups in total. The average molecular weight is 337 g/mol. The van der Waals surface area contributed by atoms with E-state index < -0.39 is 5.97 Å². The van der Waals surface area contributed by atoms with Gasteiger partial charge in [-0.2, -0.15) is 0 Å². The minimum atomic E-state index is -1.03. The molecule has 6 heteroatoms. The van der Waals surface area contributed by atoms with E-state index in [-0.39, 0.29) is 18.1 Å². The molecule has 0 spiro atoms. The monoisotopic (exact) mass is 335 g/mol. The molecule has 3 nitrogen and oxygen atoms in total. The number of rotatable bonds is 2. The van der Waals surface area contributed by atoms with Crippen LogP contribution in [0.3, 0.4) is 0 Å². The van der Waals surface area contributed by atoms with Gasteiger partial charge >= 0.3 is 5.97 Å². The molecule has 1 aromatic carbocycles. The average Bonchev–Trinajstić information content (AvgIpc) is 2.55. The van der Waals surface area contributed by atoms with Crippen molar-refractivity contribution in [3.63, 3.8) is 0 Å². The number of aromatic carboxylic acids is 1. The minimum absolute atomic E-state index is 0. The quantitative estimate of drug-likeness (QED) is 0.900. The number of carboxylic acids is 1. The van der Waals surface area contributed by atoms with Gasteiger partial charge in [0.05, 0.1) is 4.47 Å². The lowest BCUT2D eigenvalue weighted by Gasteiger charge is -2.07. The highest BCUT2D eigenvalue weighted by atomic mass is 79.9. The van der Waals surface area contributed by atoms with Crippen LogP contribution in [0, 0.1) is 0 Å². The molecule has 0 bridgehead atoms. The molecule has 1 aromatic heterocycles. The van der Waals surface area contributed by atoms with Gasteiger partial charge in [0.25, 0.3) is 0 Å². The van der Waals surface area contributed by atoms with Crippen molar-refractivity contribution in [3.05, 3.63) is 51.7 Å². The first-order chi connectivity index (χ1) is 7.61. The zero-order valence-electron chi connectivity index (χ0n) is 8.43. The number of benzene rings is 1. The summed E-state index contributed by atoms with van der Waals surface area (Å²) >= 11 is 9.18. The van der Waals surface area contributed by atoms with Gasteiger partial charge in [0.1, 0.15) is 10.8 Å². The first kappa shape index (κ1) is 14.1. The molecular weight excluding hydrogens is 329 g/mol. The molecule has 17 heavy (non-hydrogen) atoms. The zero-order valence-corrected chi connectivity index (χ0v) is 11.6. The summed E-state index contributed by atoms with van der Waals surface area (Å²) in [7, 11) is 0. The second-order valence-corrected chi connectivity index (χ2v) is 4.38. The van der Waals surface area contributed by atoms with E-state index in [2.05, 4.69) is 15.9 Å². The van der Waals surface area contributed by atoms with Crippen molar-refractivity contribution in [2.24, 2.45) is 0 Å². The smallest absolute Gasteiger partial charge is 0.354 e. The topological polar surface area (TPSA) is 42.2 Å². The summed E-state index contributed by atoms with van der Waals surface area (Å²) in [5.41, 5.74) is 0.840. The molecule has 0 radical (unpaired) electrons. The number of carbonyl (C=O) groups is 1. The van der Waals surface area contributed by atoms with Crippen molar-refractivity contribution in [2.75, 3.05) is 0 Å². The zero-order chi connectivity index (χ0) is 11.7. The highest BCUT2D eigenvalue weighted by molar-refractivity contribution is 9.10. The Labute approximate surface area is 118 Å². The van der Waals surface area contributed by atoms with E-state index in [0.717, 1.165) is 5.69 Å². The lowest BCUT2D eigenvalue weighted by atomic mass is 10.3. The molecule has 0 fully saturated rings. The number of hydrogen-bond donors (Lipinski definition) is 1. The van der Waals surface area contributed by atoms with Crippen molar-refractivity contribution >= 4 is 45.9 Å². The maximum Gasteiger partial charge on any atom is 0.354 e. The summed E-state index contributed by atoms with van der Waals surface area (Å²) in [5.74, 6) is -1.03. The number of para-hydroxylation sites is 1. The Hall–Kier alpha value is -0.970. The van der Waals surface area contributed by atoms with Crippen LogP contribution in [-0.4, -0.2) is 15.6 Å². The number of carboxylic acid groups (broad SMARTS) is 1. The van der Waals surface area contributed by atoms with Gasteiger partial charge in [-0.1, -0.05) is 29.8 Å². The summed E-state index contributed by atoms with van der Waals surface area (Å²) < 4.78 is 1.95. The molecule has 0 atom stereocenters. The molecule has 2 rings (SSSR count). The van der Waals surface area contributed by atoms with E-state index in [1.54, 1.807) is 18.2 Å². The van der Waals surface area contributed by atoms with E-state index in [4.69, 9.17) is 16.7 Å². The fourth-order valence-corrected chi connectivity index (χ4v) is 2.47. The fraction of sp³-hybridized carbons (Fsp3) is 0. The van der Waals surface area contributed by atoms with E-state index >= 15 is 0 Å². The van der Waals surface area contributed by atoms with Gasteiger partial charge in [-0.05, 0) is 34.1 Å². The highest BCUT2D eigenvalue weighted by Crippen LogP contribution is 2.28. The number of nitrogens with zero attached hydrogens (tertiary/aromatic N) is 1. The summed E-state index contributed by atoms with van der Waals surface area (Å²) in [6.45, 7) is 0. The molecule has 0 aliphatic carbocycles. The maximum atomic E-state index is 11.1. The normalized spacial score (nSPS) is 9.76. The van der Waals surface area contributed by atoms with Gasteiger partial charge in [-0.3, -0.25) is 4.57 Å². The molecule has 0 saturated carbocycles. The first-order valence-electron chi connectivity index (χ1n) is 4.46. The van der Waals surface area contributed by atoms with Crippen molar-refractivity contribution in [1.29, 1.82) is 0 Å². The van der Waals surface area contributed by atoms with Crippen LogP contribution in [0.2, 0.25) is 5.15 Å². The summed E-state index contributed by atoms with van der Waals surface area (Å²) in [4.78, 5) is 11.1. The Morgan fingerprint density at radius 1 is 1.29 bits per heavy atom. The van der Waals surface area contributed by atoms with E-state index in [9.17, 15) is 4.79 Å². The second-order valence-electron chi connectivity index (χ2n) is 3.14. The first-order valence-corrected chi connectivity index (χ1v) is 5.64. The predicted octanol–water partition coefficient (Wildman–Crippen LogP) is 4.01. The largest absolute Gasteiger partial charge is 0.477 e. The Kier molecular flexibility index (Phi) is 4.62. The van der Waals surface area contributed by atoms with Crippen LogP contribution in [0.1, 0.15) is 10.5 Å². The fourth-order valence-electron chi connectivity index (χ4n) is 1.48. The van der Waals surface area contributed by atoms with Crippen molar-refractivity contribution in [3.8, 4) is 5.69 Å².